The second-order valence-corrected chi connectivity index (χ2v) is 7.23. The fraction of sp³-hybridized carbons (Fsp3) is 0.571. The van der Waals surface area contributed by atoms with E-state index in [4.69, 9.17) is 11.5 Å². The van der Waals surface area contributed by atoms with Gasteiger partial charge in [0.25, 0.3) is 0 Å². The molecule has 1 aromatic rings. The van der Waals surface area contributed by atoms with Gasteiger partial charge >= 0.3 is 0 Å². The van der Waals surface area contributed by atoms with Crippen molar-refractivity contribution in [2.75, 3.05) is 13.2 Å². The molecule has 0 aliphatic rings. The lowest BCUT2D eigenvalue weighted by Crippen LogP contribution is -2.07. The molecule has 172 valence electrons. The van der Waals surface area contributed by atoms with E-state index in [1.165, 1.54) is 0 Å². The summed E-state index contributed by atoms with van der Waals surface area (Å²) in [6, 6.07) is 2.22. The second-order valence-electron chi connectivity index (χ2n) is 6.16. The molecule has 9 heteroatoms. The summed E-state index contributed by atoms with van der Waals surface area (Å²) in [5.74, 6) is -9.70. The van der Waals surface area contributed by atoms with Crippen LogP contribution < -0.4 is 5.32 Å². The van der Waals surface area contributed by atoms with Gasteiger partial charge in [-0.25, -0.2) is 22.0 Å². The number of aliphatic hydroxyl groups excluding tert-OH is 1. The van der Waals surface area contributed by atoms with E-state index in [1.54, 1.807) is 0 Å². The Labute approximate surface area is 179 Å². The minimum Gasteiger partial charge on any atom is -0.396 e. The van der Waals surface area contributed by atoms with Crippen molar-refractivity contribution in [2.24, 2.45) is 5.92 Å². The number of aliphatic hydroxyl groups is 1. The molecule has 0 saturated heterocycles. The summed E-state index contributed by atoms with van der Waals surface area (Å²) in [5.41, 5.74) is 0. The number of thioether (sulfide) groups is 1. The number of rotatable bonds is 9. The number of benzene rings is 1. The van der Waals surface area contributed by atoms with Gasteiger partial charge in [-0.15, -0.1) is 0 Å². The summed E-state index contributed by atoms with van der Waals surface area (Å²) in [6.45, 7) is 9.08. The average Bonchev–Trinajstić information content (AvgIpc) is 2.72. The highest BCUT2D eigenvalue weighted by Gasteiger charge is 2.27. The van der Waals surface area contributed by atoms with Gasteiger partial charge in [-0.3, -0.25) is 4.79 Å². The molecule has 0 amide bonds. The van der Waals surface area contributed by atoms with E-state index in [-0.39, 0.29) is 18.2 Å². The first-order valence-corrected chi connectivity index (χ1v) is 10.5. The predicted molar refractivity (Wildman–Crippen MR) is 110 cm³/mol. The quantitative estimate of drug-likeness (QED) is 0.0941. The zero-order valence-electron chi connectivity index (χ0n) is 17.8. The summed E-state index contributed by atoms with van der Waals surface area (Å²) >= 11 is 0.0186. The van der Waals surface area contributed by atoms with E-state index in [2.05, 4.69) is 25.2 Å². The fourth-order valence-corrected chi connectivity index (χ4v) is 2.66. The molecule has 0 aliphatic heterocycles. The first-order chi connectivity index (χ1) is 14.2. The van der Waals surface area contributed by atoms with Gasteiger partial charge in [0.2, 0.25) is 5.82 Å². The molecular weight excluding hydrogens is 425 g/mol. The summed E-state index contributed by atoms with van der Waals surface area (Å²) in [5, 5.41) is 10.2. The van der Waals surface area contributed by atoms with Crippen molar-refractivity contribution < 1.29 is 31.9 Å². The zero-order valence-corrected chi connectivity index (χ0v) is 18.6. The third kappa shape index (κ3) is 12.0. The maximum atomic E-state index is 13.4. The maximum absolute atomic E-state index is 13.4. The number of hydrogen-bond acceptors (Lipinski definition) is 4. The number of carbonyl (C=O) groups excluding carboxylic acids is 1. The van der Waals surface area contributed by atoms with E-state index >= 15 is 0 Å². The van der Waals surface area contributed by atoms with Crippen molar-refractivity contribution >= 4 is 16.9 Å². The maximum Gasteiger partial charge on any atom is 0.200 e. The summed E-state index contributed by atoms with van der Waals surface area (Å²) in [7, 11) is 0. The molecule has 0 saturated carbocycles. The molecule has 0 aliphatic carbocycles. The van der Waals surface area contributed by atoms with Crippen LogP contribution in [-0.2, 0) is 4.79 Å². The minimum atomic E-state index is -2.24. The summed E-state index contributed by atoms with van der Waals surface area (Å²) in [4.78, 5) is 10.4. The van der Waals surface area contributed by atoms with E-state index in [9.17, 15) is 26.7 Å². The van der Waals surface area contributed by atoms with Crippen molar-refractivity contribution in [2.45, 2.75) is 64.7 Å². The molecule has 0 spiro atoms. The highest BCUT2D eigenvalue weighted by molar-refractivity contribution is 8.13. The Morgan fingerprint density at radius 3 is 1.90 bits per heavy atom. The molecule has 30 heavy (non-hydrogen) atoms. The van der Waals surface area contributed by atoms with Crippen LogP contribution in [0.5, 0.6) is 0 Å². The van der Waals surface area contributed by atoms with Gasteiger partial charge in [0.05, 0.1) is 4.90 Å². The Balaban J connectivity index is 0. The summed E-state index contributed by atoms with van der Waals surface area (Å²) in [6.07, 6.45) is 7.61. The number of carbonyl (C=O) groups is 1. The lowest BCUT2D eigenvalue weighted by atomic mass is 10.2. The topological polar surface area (TPSA) is 49.3 Å². The van der Waals surface area contributed by atoms with Gasteiger partial charge in [0.15, 0.2) is 28.4 Å². The van der Waals surface area contributed by atoms with Crippen LogP contribution in [0, 0.1) is 47.5 Å². The van der Waals surface area contributed by atoms with Crippen LogP contribution in [0.25, 0.3) is 0 Å². The third-order valence-corrected chi connectivity index (χ3v) is 4.37. The highest BCUT2D eigenvalue weighted by Crippen LogP contribution is 2.32. The van der Waals surface area contributed by atoms with E-state index in [0.717, 1.165) is 6.42 Å². The fourth-order valence-electron chi connectivity index (χ4n) is 1.83. The number of halogens is 5. The van der Waals surface area contributed by atoms with Crippen LogP contribution in [0.2, 0.25) is 0 Å². The first-order valence-electron chi connectivity index (χ1n) is 9.68. The number of nitrogens with one attached hydrogen (secondary N) is 1. The van der Waals surface area contributed by atoms with Crippen molar-refractivity contribution in [1.82, 2.24) is 5.32 Å². The second kappa shape index (κ2) is 18.0. The van der Waals surface area contributed by atoms with E-state index in [1.807, 2.05) is 13.8 Å². The molecule has 0 heterocycles. The molecule has 2 N–H and O–H groups in total. The Hall–Kier alpha value is -1.79. The van der Waals surface area contributed by atoms with Crippen LogP contribution in [0.3, 0.4) is 0 Å². The minimum absolute atomic E-state index is 0.0186. The SMILES string of the molecule is C#CNCCCCCC(=O)Sc1c(F)c(F)c(F)c(F)c1F.CC.CC(C)CCO. The summed E-state index contributed by atoms with van der Waals surface area (Å²) < 4.78 is 65.5. The molecule has 0 fully saturated rings. The third-order valence-electron chi connectivity index (χ3n) is 3.38. The van der Waals surface area contributed by atoms with Crippen molar-refractivity contribution in [3.8, 4) is 12.5 Å². The number of hydrogen-bond donors (Lipinski definition) is 2. The van der Waals surface area contributed by atoms with Crippen LogP contribution in [0.15, 0.2) is 4.90 Å². The molecule has 0 aromatic heterocycles. The van der Waals surface area contributed by atoms with Crippen LogP contribution in [0.1, 0.15) is 59.8 Å². The molecule has 1 rings (SSSR count). The zero-order chi connectivity index (χ0) is 23.7. The lowest BCUT2D eigenvalue weighted by molar-refractivity contribution is -0.111. The molecule has 0 unspecified atom stereocenters. The Morgan fingerprint density at radius 1 is 1.00 bits per heavy atom. The van der Waals surface area contributed by atoms with Crippen LogP contribution >= 0.6 is 11.8 Å². The Kier molecular flexibility index (Phi) is 18.3. The molecule has 0 radical (unpaired) electrons. The van der Waals surface area contributed by atoms with Crippen LogP contribution in [-0.4, -0.2) is 23.4 Å². The monoisotopic (exact) mass is 455 g/mol. The normalized spacial score (nSPS) is 9.80. The van der Waals surface area contributed by atoms with Crippen molar-refractivity contribution in [3.63, 3.8) is 0 Å². The van der Waals surface area contributed by atoms with Crippen molar-refractivity contribution in [1.29, 1.82) is 0 Å². The molecule has 0 bridgehead atoms. The molecule has 0 atom stereocenters. The van der Waals surface area contributed by atoms with Gasteiger partial charge in [0, 0.05) is 25.6 Å². The smallest absolute Gasteiger partial charge is 0.200 e. The largest absolute Gasteiger partial charge is 0.396 e. The standard InChI is InChI=1S/C14H12F5NOS.C5H12O.C2H6/c1-2-20-7-5-3-4-6-8(21)22-14-12(18)10(16)9(15)11(17)13(14)19;1-5(2)3-4-6;1-2/h1,20H,3-7H2;5-6H,3-4H2,1-2H3;1-2H3. The number of unbranched alkanes of at least 4 members (excludes halogenated alkanes) is 2. The first kappa shape index (κ1) is 30.4. The van der Waals surface area contributed by atoms with Gasteiger partial charge < -0.3 is 10.4 Å². The highest BCUT2D eigenvalue weighted by atomic mass is 32.2. The van der Waals surface area contributed by atoms with E-state index < -0.39 is 39.1 Å². The average molecular weight is 456 g/mol. The predicted octanol–water partition coefficient (Wildman–Crippen LogP) is 5.79. The lowest BCUT2D eigenvalue weighted by Gasteiger charge is -2.07. The molecule has 1 aromatic carbocycles. The molecule has 3 nitrogen and oxygen atoms in total. The Bertz CT molecular complexity index is 649. The van der Waals surface area contributed by atoms with Gasteiger partial charge in [-0.2, -0.15) is 0 Å². The van der Waals surface area contributed by atoms with Gasteiger partial charge in [-0.1, -0.05) is 40.5 Å². The van der Waals surface area contributed by atoms with Crippen LogP contribution in [0.4, 0.5) is 22.0 Å². The van der Waals surface area contributed by atoms with E-state index in [0.29, 0.717) is 38.3 Å². The van der Waals surface area contributed by atoms with Gasteiger partial charge in [0.1, 0.15) is 0 Å². The Morgan fingerprint density at radius 2 is 1.50 bits per heavy atom. The number of terminal acetylenes is 1. The van der Waals surface area contributed by atoms with Gasteiger partial charge in [-0.05, 0) is 36.9 Å². The van der Waals surface area contributed by atoms with Crippen molar-refractivity contribution in [3.05, 3.63) is 29.1 Å². The molecular formula is C21H30F5NO2S.